The molecular formula is C42H39O3P. The van der Waals surface area contributed by atoms with Crippen LogP contribution in [0.15, 0.2) is 146 Å². The minimum absolute atomic E-state index is 0.744. The van der Waals surface area contributed by atoms with E-state index in [1.54, 1.807) is 0 Å². The summed E-state index contributed by atoms with van der Waals surface area (Å²) in [5, 5.41) is 0. The van der Waals surface area contributed by atoms with Gasteiger partial charge in [0.2, 0.25) is 0 Å². The Morgan fingerprint density at radius 3 is 0.891 bits per heavy atom. The van der Waals surface area contributed by atoms with Crippen molar-refractivity contribution in [3.63, 3.8) is 0 Å². The van der Waals surface area contributed by atoms with E-state index in [1.165, 1.54) is 33.4 Å². The van der Waals surface area contributed by atoms with Crippen LogP contribution in [0.4, 0.5) is 0 Å². The predicted molar refractivity (Wildman–Crippen MR) is 190 cm³/mol. The van der Waals surface area contributed by atoms with Crippen molar-refractivity contribution >= 4 is 8.60 Å². The lowest BCUT2D eigenvalue weighted by Crippen LogP contribution is -2.07. The quantitative estimate of drug-likeness (QED) is 0.127. The third kappa shape index (κ3) is 8.44. The van der Waals surface area contributed by atoms with Gasteiger partial charge in [-0.2, -0.15) is 0 Å². The van der Waals surface area contributed by atoms with Crippen molar-refractivity contribution in [2.45, 2.75) is 40.0 Å². The van der Waals surface area contributed by atoms with E-state index in [2.05, 4.69) is 112 Å². The van der Waals surface area contributed by atoms with E-state index >= 15 is 0 Å². The molecule has 0 aliphatic rings. The van der Waals surface area contributed by atoms with E-state index in [-0.39, 0.29) is 0 Å². The second-order valence-electron chi connectivity index (χ2n) is 11.8. The molecule has 4 heteroatoms. The molecule has 6 rings (SSSR count). The van der Waals surface area contributed by atoms with Crippen LogP contribution in [0, 0.1) is 20.8 Å². The van der Waals surface area contributed by atoms with Gasteiger partial charge in [0.25, 0.3) is 0 Å². The molecule has 0 saturated heterocycles. The molecule has 0 saturated carbocycles. The summed E-state index contributed by atoms with van der Waals surface area (Å²) in [5.41, 5.74) is 10.6. The zero-order valence-corrected chi connectivity index (χ0v) is 27.5. The zero-order chi connectivity index (χ0) is 31.7. The normalized spacial score (nSPS) is 11.0. The first-order valence-electron chi connectivity index (χ1n) is 15.7. The molecule has 0 aromatic heterocycles. The number of rotatable bonds is 12. The molecule has 0 radical (unpaired) electrons. The molecule has 0 amide bonds. The van der Waals surface area contributed by atoms with E-state index in [9.17, 15) is 0 Å². The highest BCUT2D eigenvalue weighted by atomic mass is 31.2. The van der Waals surface area contributed by atoms with Crippen LogP contribution in [-0.4, -0.2) is 0 Å². The fourth-order valence-corrected chi connectivity index (χ4v) is 6.42. The van der Waals surface area contributed by atoms with Gasteiger partial charge in [-0.3, -0.25) is 0 Å². The Bertz CT molecular complexity index is 1640. The second-order valence-corrected chi connectivity index (χ2v) is 12.8. The van der Waals surface area contributed by atoms with Gasteiger partial charge in [-0.05, 0) is 72.4 Å². The molecule has 6 aromatic rings. The maximum Gasteiger partial charge on any atom is 0.530 e. The standard InChI is InChI=1S/C42H39O3P/c1-31-16-22-34(23-17-31)28-37-10-4-7-13-40(37)43-46(44-41-14-8-5-11-38(41)29-35-24-18-32(2)19-25-35)45-42-15-9-6-12-39(42)30-36-26-20-33(3)21-27-36/h4-27H,28-30H2,1-3H3. The van der Waals surface area contributed by atoms with Crippen molar-refractivity contribution in [1.29, 1.82) is 0 Å². The van der Waals surface area contributed by atoms with Crippen LogP contribution in [0.25, 0.3) is 0 Å². The van der Waals surface area contributed by atoms with Gasteiger partial charge in [0.15, 0.2) is 0 Å². The monoisotopic (exact) mass is 622 g/mol. The van der Waals surface area contributed by atoms with Gasteiger partial charge >= 0.3 is 8.60 Å². The fraction of sp³-hybridized carbons (Fsp3) is 0.143. The van der Waals surface area contributed by atoms with E-state index in [1.807, 2.05) is 54.6 Å². The highest BCUT2D eigenvalue weighted by Gasteiger charge is 2.24. The maximum atomic E-state index is 6.71. The third-order valence-electron chi connectivity index (χ3n) is 7.98. The summed E-state index contributed by atoms with van der Waals surface area (Å²) in [5.74, 6) is 2.25. The lowest BCUT2D eigenvalue weighted by atomic mass is 10.0. The Balaban J connectivity index is 1.31. The Morgan fingerprint density at radius 1 is 0.348 bits per heavy atom. The van der Waals surface area contributed by atoms with Crippen molar-refractivity contribution in [2.24, 2.45) is 0 Å². The van der Waals surface area contributed by atoms with Crippen LogP contribution in [0.2, 0.25) is 0 Å². The minimum Gasteiger partial charge on any atom is -0.408 e. The molecule has 0 fully saturated rings. The first kappa shape index (κ1) is 31.1. The summed E-state index contributed by atoms with van der Waals surface area (Å²) in [7, 11) is -1.88. The molecule has 0 atom stereocenters. The Kier molecular flexibility index (Phi) is 10.1. The van der Waals surface area contributed by atoms with Crippen LogP contribution < -0.4 is 13.6 Å². The summed E-state index contributed by atoms with van der Waals surface area (Å²) in [4.78, 5) is 0. The minimum atomic E-state index is -1.88. The van der Waals surface area contributed by atoms with E-state index in [0.717, 1.165) is 53.2 Å². The van der Waals surface area contributed by atoms with Crippen LogP contribution in [0.1, 0.15) is 50.1 Å². The van der Waals surface area contributed by atoms with Gasteiger partial charge < -0.3 is 13.6 Å². The molecule has 46 heavy (non-hydrogen) atoms. The Hall–Kier alpha value is -4.85. The number of hydrogen-bond donors (Lipinski definition) is 0. The highest BCUT2D eigenvalue weighted by Crippen LogP contribution is 2.45. The second kappa shape index (κ2) is 15.0. The van der Waals surface area contributed by atoms with E-state index < -0.39 is 8.60 Å². The molecule has 0 aliphatic heterocycles. The molecule has 0 spiro atoms. The van der Waals surface area contributed by atoms with Crippen LogP contribution >= 0.6 is 8.60 Å². The lowest BCUT2D eigenvalue weighted by molar-refractivity contribution is 0.384. The van der Waals surface area contributed by atoms with Crippen molar-refractivity contribution in [3.8, 4) is 17.2 Å². The van der Waals surface area contributed by atoms with Gasteiger partial charge in [0.1, 0.15) is 17.2 Å². The van der Waals surface area contributed by atoms with Crippen LogP contribution in [0.5, 0.6) is 17.2 Å². The average molecular weight is 623 g/mol. The van der Waals surface area contributed by atoms with Gasteiger partial charge in [-0.25, -0.2) is 0 Å². The molecule has 0 heterocycles. The van der Waals surface area contributed by atoms with E-state index in [4.69, 9.17) is 13.6 Å². The first-order valence-corrected chi connectivity index (χ1v) is 16.8. The SMILES string of the molecule is Cc1ccc(Cc2ccccc2OP(Oc2ccccc2Cc2ccc(C)cc2)Oc2ccccc2Cc2ccc(C)cc2)cc1. The first-order chi connectivity index (χ1) is 22.5. The smallest absolute Gasteiger partial charge is 0.408 e. The number of para-hydroxylation sites is 3. The van der Waals surface area contributed by atoms with Gasteiger partial charge in [-0.15, -0.1) is 0 Å². The van der Waals surface area contributed by atoms with Crippen LogP contribution in [-0.2, 0) is 19.3 Å². The summed E-state index contributed by atoms with van der Waals surface area (Å²) in [6.45, 7) is 6.32. The van der Waals surface area contributed by atoms with Gasteiger partial charge in [-0.1, -0.05) is 144 Å². The molecule has 0 bridgehead atoms. The van der Waals surface area contributed by atoms with Gasteiger partial charge in [0.05, 0.1) is 0 Å². The Morgan fingerprint density at radius 2 is 0.609 bits per heavy atom. The summed E-state index contributed by atoms with van der Waals surface area (Å²) in [6.07, 6.45) is 2.23. The molecule has 3 nitrogen and oxygen atoms in total. The largest absolute Gasteiger partial charge is 0.530 e. The molecule has 6 aromatic carbocycles. The molecule has 0 N–H and O–H groups in total. The highest BCUT2D eigenvalue weighted by molar-refractivity contribution is 7.43. The molecule has 230 valence electrons. The average Bonchev–Trinajstić information content (AvgIpc) is 3.07. The van der Waals surface area contributed by atoms with Crippen molar-refractivity contribution in [3.05, 3.63) is 196 Å². The number of hydrogen-bond acceptors (Lipinski definition) is 3. The molecule has 0 unspecified atom stereocenters. The summed E-state index contributed by atoms with van der Waals surface area (Å²) < 4.78 is 20.1. The van der Waals surface area contributed by atoms with Crippen molar-refractivity contribution in [1.82, 2.24) is 0 Å². The van der Waals surface area contributed by atoms with Crippen molar-refractivity contribution < 1.29 is 13.6 Å². The third-order valence-corrected chi connectivity index (χ3v) is 9.02. The van der Waals surface area contributed by atoms with Crippen LogP contribution in [0.3, 0.4) is 0 Å². The van der Waals surface area contributed by atoms with Gasteiger partial charge in [0, 0.05) is 19.3 Å². The zero-order valence-electron chi connectivity index (χ0n) is 26.6. The Labute approximate surface area is 274 Å². The maximum absolute atomic E-state index is 6.71. The number of aryl methyl sites for hydroxylation is 3. The van der Waals surface area contributed by atoms with E-state index in [0.29, 0.717) is 0 Å². The summed E-state index contributed by atoms with van der Waals surface area (Å²) in [6, 6.07) is 50.4. The molecular weight excluding hydrogens is 583 g/mol. The molecule has 0 aliphatic carbocycles. The lowest BCUT2D eigenvalue weighted by Gasteiger charge is -2.22. The van der Waals surface area contributed by atoms with Crippen molar-refractivity contribution in [2.75, 3.05) is 0 Å². The topological polar surface area (TPSA) is 27.7 Å². The fourth-order valence-electron chi connectivity index (χ4n) is 5.29. The summed E-state index contributed by atoms with van der Waals surface area (Å²) >= 11 is 0. The number of benzene rings is 6. The predicted octanol–water partition coefficient (Wildman–Crippen LogP) is 11.1.